The minimum atomic E-state index is 1.04. The van der Waals surface area contributed by atoms with Gasteiger partial charge in [0.2, 0.25) is 0 Å². The molecular formula is C13H25N. The van der Waals surface area contributed by atoms with Crippen molar-refractivity contribution in [2.24, 2.45) is 17.8 Å². The van der Waals surface area contributed by atoms with Crippen LogP contribution in [0.15, 0.2) is 0 Å². The molecule has 0 amide bonds. The fraction of sp³-hybridized carbons (Fsp3) is 1.00. The lowest BCUT2D eigenvalue weighted by atomic mass is 9.85. The van der Waals surface area contributed by atoms with Crippen LogP contribution in [0.1, 0.15) is 51.9 Å². The quantitative estimate of drug-likeness (QED) is 0.710. The Labute approximate surface area is 88.7 Å². The van der Waals surface area contributed by atoms with Crippen LogP contribution in [0, 0.1) is 17.8 Å². The van der Waals surface area contributed by atoms with E-state index in [4.69, 9.17) is 0 Å². The Bertz CT molecular complexity index is 161. The van der Waals surface area contributed by atoms with Gasteiger partial charge in [0.05, 0.1) is 0 Å². The van der Waals surface area contributed by atoms with Crippen LogP contribution in [0.25, 0.3) is 0 Å². The first kappa shape index (κ1) is 10.5. The summed E-state index contributed by atoms with van der Waals surface area (Å²) in [5.74, 6) is 3.23. The van der Waals surface area contributed by atoms with Crippen LogP contribution >= 0.6 is 0 Å². The number of rotatable bonds is 5. The van der Waals surface area contributed by atoms with E-state index < -0.39 is 0 Å². The molecule has 2 aliphatic rings. The molecule has 82 valence electrons. The first-order valence-electron chi connectivity index (χ1n) is 6.61. The van der Waals surface area contributed by atoms with Gasteiger partial charge in [-0.05, 0) is 43.7 Å². The fourth-order valence-electron chi connectivity index (χ4n) is 3.03. The Morgan fingerprint density at radius 1 is 1.07 bits per heavy atom. The first-order chi connectivity index (χ1) is 6.90. The Balaban J connectivity index is 1.58. The third-order valence-corrected chi connectivity index (χ3v) is 4.09. The molecule has 2 rings (SSSR count). The van der Waals surface area contributed by atoms with Gasteiger partial charge in [0.1, 0.15) is 0 Å². The standard InChI is InChI=1S/C13H25N/c1-2-14-10-13-9-12(13)8-11-6-4-3-5-7-11/h11-14H,2-10H2,1H3. The van der Waals surface area contributed by atoms with Gasteiger partial charge in [-0.25, -0.2) is 0 Å². The highest BCUT2D eigenvalue weighted by atomic mass is 14.9. The molecule has 0 heterocycles. The van der Waals surface area contributed by atoms with Crippen molar-refractivity contribution in [3.05, 3.63) is 0 Å². The lowest BCUT2D eigenvalue weighted by molar-refractivity contribution is 0.319. The van der Waals surface area contributed by atoms with Crippen LogP contribution in [-0.2, 0) is 0 Å². The highest BCUT2D eigenvalue weighted by Crippen LogP contribution is 2.45. The van der Waals surface area contributed by atoms with Crippen LogP contribution in [0.4, 0.5) is 0 Å². The summed E-state index contributed by atoms with van der Waals surface area (Å²) in [5.41, 5.74) is 0. The van der Waals surface area contributed by atoms with Crippen LogP contribution in [0.3, 0.4) is 0 Å². The molecule has 0 saturated heterocycles. The van der Waals surface area contributed by atoms with Gasteiger partial charge in [0, 0.05) is 0 Å². The van der Waals surface area contributed by atoms with Gasteiger partial charge in [-0.2, -0.15) is 0 Å². The molecule has 2 fully saturated rings. The normalized spacial score (nSPS) is 33.2. The smallest absolute Gasteiger partial charge is 0.00179 e. The summed E-state index contributed by atoms with van der Waals surface area (Å²) in [6.07, 6.45) is 10.7. The third kappa shape index (κ3) is 2.98. The SMILES string of the molecule is CCNCC1CC1CC1CCCCC1. The molecule has 0 radical (unpaired) electrons. The molecule has 0 bridgehead atoms. The number of hydrogen-bond acceptors (Lipinski definition) is 1. The molecule has 1 heteroatoms. The highest BCUT2D eigenvalue weighted by molar-refractivity contribution is 4.89. The van der Waals surface area contributed by atoms with Crippen LogP contribution in [0.2, 0.25) is 0 Å². The molecule has 1 N–H and O–H groups in total. The topological polar surface area (TPSA) is 12.0 Å². The van der Waals surface area contributed by atoms with Crippen molar-refractivity contribution in [2.45, 2.75) is 51.9 Å². The second-order valence-electron chi connectivity index (χ2n) is 5.30. The molecule has 2 unspecified atom stereocenters. The highest BCUT2D eigenvalue weighted by Gasteiger charge is 2.37. The molecule has 2 aliphatic carbocycles. The summed E-state index contributed by atoms with van der Waals surface area (Å²) in [5, 5.41) is 3.48. The van der Waals surface area contributed by atoms with Gasteiger partial charge >= 0.3 is 0 Å². The average molecular weight is 195 g/mol. The molecule has 14 heavy (non-hydrogen) atoms. The molecule has 2 saturated carbocycles. The van der Waals surface area contributed by atoms with Crippen molar-refractivity contribution < 1.29 is 0 Å². The second-order valence-corrected chi connectivity index (χ2v) is 5.30. The van der Waals surface area contributed by atoms with E-state index in [-0.39, 0.29) is 0 Å². The molecule has 0 aromatic carbocycles. The van der Waals surface area contributed by atoms with Crippen molar-refractivity contribution in [3.8, 4) is 0 Å². The molecular weight excluding hydrogens is 170 g/mol. The summed E-state index contributed by atoms with van der Waals surface area (Å²) in [6, 6.07) is 0. The van der Waals surface area contributed by atoms with Crippen molar-refractivity contribution in [1.29, 1.82) is 0 Å². The van der Waals surface area contributed by atoms with E-state index in [0.717, 1.165) is 24.3 Å². The number of hydrogen-bond donors (Lipinski definition) is 1. The van der Waals surface area contributed by atoms with Crippen LogP contribution in [0.5, 0.6) is 0 Å². The van der Waals surface area contributed by atoms with Gasteiger partial charge in [0.15, 0.2) is 0 Å². The van der Waals surface area contributed by atoms with Crippen molar-refractivity contribution >= 4 is 0 Å². The Hall–Kier alpha value is -0.0400. The lowest BCUT2D eigenvalue weighted by Crippen LogP contribution is -2.17. The molecule has 0 spiro atoms. The molecule has 0 aromatic heterocycles. The van der Waals surface area contributed by atoms with E-state index in [1.165, 1.54) is 45.1 Å². The van der Waals surface area contributed by atoms with Gasteiger partial charge in [0.25, 0.3) is 0 Å². The maximum atomic E-state index is 3.48. The van der Waals surface area contributed by atoms with E-state index in [0.29, 0.717) is 0 Å². The molecule has 2 atom stereocenters. The van der Waals surface area contributed by atoms with E-state index in [2.05, 4.69) is 12.2 Å². The largest absolute Gasteiger partial charge is 0.317 e. The average Bonchev–Trinajstić information content (AvgIpc) is 2.95. The zero-order valence-corrected chi connectivity index (χ0v) is 9.60. The summed E-state index contributed by atoms with van der Waals surface area (Å²) >= 11 is 0. The Morgan fingerprint density at radius 2 is 1.86 bits per heavy atom. The Morgan fingerprint density at radius 3 is 2.57 bits per heavy atom. The second kappa shape index (κ2) is 5.16. The van der Waals surface area contributed by atoms with Gasteiger partial charge < -0.3 is 5.32 Å². The first-order valence-corrected chi connectivity index (χ1v) is 6.61. The monoisotopic (exact) mass is 195 g/mol. The minimum Gasteiger partial charge on any atom is -0.317 e. The Kier molecular flexibility index (Phi) is 3.86. The van der Waals surface area contributed by atoms with Crippen molar-refractivity contribution in [3.63, 3.8) is 0 Å². The molecule has 0 aromatic rings. The molecule has 0 aliphatic heterocycles. The molecule has 1 nitrogen and oxygen atoms in total. The minimum absolute atomic E-state index is 1.04. The van der Waals surface area contributed by atoms with E-state index in [1.54, 1.807) is 6.42 Å². The van der Waals surface area contributed by atoms with E-state index in [9.17, 15) is 0 Å². The summed E-state index contributed by atoms with van der Waals surface area (Å²) < 4.78 is 0. The summed E-state index contributed by atoms with van der Waals surface area (Å²) in [4.78, 5) is 0. The third-order valence-electron chi connectivity index (χ3n) is 4.09. The van der Waals surface area contributed by atoms with Gasteiger partial charge in [-0.15, -0.1) is 0 Å². The van der Waals surface area contributed by atoms with E-state index in [1.807, 2.05) is 0 Å². The maximum Gasteiger partial charge on any atom is -0.00179 e. The zero-order valence-electron chi connectivity index (χ0n) is 9.60. The zero-order chi connectivity index (χ0) is 9.80. The summed E-state index contributed by atoms with van der Waals surface area (Å²) in [7, 11) is 0. The van der Waals surface area contributed by atoms with Gasteiger partial charge in [-0.3, -0.25) is 0 Å². The van der Waals surface area contributed by atoms with Crippen molar-refractivity contribution in [2.75, 3.05) is 13.1 Å². The summed E-state index contributed by atoms with van der Waals surface area (Å²) in [6.45, 7) is 4.64. The van der Waals surface area contributed by atoms with Crippen LogP contribution in [-0.4, -0.2) is 13.1 Å². The fourth-order valence-corrected chi connectivity index (χ4v) is 3.03. The lowest BCUT2D eigenvalue weighted by Gasteiger charge is -2.21. The maximum absolute atomic E-state index is 3.48. The number of nitrogens with one attached hydrogen (secondary N) is 1. The van der Waals surface area contributed by atoms with E-state index >= 15 is 0 Å². The predicted molar refractivity (Wildman–Crippen MR) is 61.3 cm³/mol. The predicted octanol–water partition coefficient (Wildman–Crippen LogP) is 3.20. The van der Waals surface area contributed by atoms with Crippen molar-refractivity contribution in [1.82, 2.24) is 5.32 Å². The van der Waals surface area contributed by atoms with Gasteiger partial charge in [-0.1, -0.05) is 39.0 Å². The van der Waals surface area contributed by atoms with Crippen LogP contribution < -0.4 is 5.32 Å².